The molecule has 0 saturated heterocycles. The van der Waals surface area contributed by atoms with Crippen LogP contribution in [0.1, 0.15) is 16.6 Å². The highest BCUT2D eigenvalue weighted by atomic mass is 35.5. The normalized spacial score (nSPS) is 12.0. The molecule has 21 heavy (non-hydrogen) atoms. The van der Waals surface area contributed by atoms with Crippen molar-refractivity contribution >= 4 is 23.4 Å². The van der Waals surface area contributed by atoms with Crippen LogP contribution >= 0.6 is 23.4 Å². The predicted molar refractivity (Wildman–Crippen MR) is 81.9 cm³/mol. The van der Waals surface area contributed by atoms with E-state index in [1.165, 1.54) is 44.2 Å². The molecule has 112 valence electrons. The van der Waals surface area contributed by atoms with Gasteiger partial charge in [-0.05, 0) is 30.0 Å². The second-order valence-corrected chi connectivity index (χ2v) is 5.44. The summed E-state index contributed by atoms with van der Waals surface area (Å²) < 4.78 is 23.8. The average molecular weight is 329 g/mol. The first-order valence-electron chi connectivity index (χ1n) is 6.03. The smallest absolute Gasteiger partial charge is 0.220 e. The highest BCUT2D eigenvalue weighted by molar-refractivity contribution is 7.99. The van der Waals surface area contributed by atoms with E-state index in [4.69, 9.17) is 21.1 Å². The number of nitrogens with zero attached hydrogens (tertiary/aromatic N) is 2. The number of benzene rings is 1. The van der Waals surface area contributed by atoms with Crippen LogP contribution in [-0.2, 0) is 0 Å². The maximum atomic E-state index is 13.5. The van der Waals surface area contributed by atoms with Crippen molar-refractivity contribution in [3.05, 3.63) is 46.5 Å². The molecule has 1 atom stereocenters. The summed E-state index contributed by atoms with van der Waals surface area (Å²) in [6.45, 7) is 0. The van der Waals surface area contributed by atoms with E-state index >= 15 is 0 Å². The van der Waals surface area contributed by atoms with Crippen LogP contribution in [0.25, 0.3) is 0 Å². The minimum Gasteiger partial charge on any atom is -0.481 e. The number of thioether (sulfide) groups is 1. The van der Waals surface area contributed by atoms with Gasteiger partial charge in [-0.25, -0.2) is 4.39 Å². The molecule has 0 amide bonds. The lowest BCUT2D eigenvalue weighted by molar-refractivity contribution is 0.368. The molecule has 0 fully saturated rings. The van der Waals surface area contributed by atoms with Crippen LogP contribution in [0.15, 0.2) is 24.3 Å². The summed E-state index contributed by atoms with van der Waals surface area (Å²) in [4.78, 5) is 8.61. The number of hydrogen-bond acceptors (Lipinski definition) is 5. The van der Waals surface area contributed by atoms with Crippen LogP contribution in [-0.4, -0.2) is 30.4 Å². The molecule has 0 aliphatic rings. The molecule has 0 N–H and O–H groups in total. The molecule has 1 heterocycles. The summed E-state index contributed by atoms with van der Waals surface area (Å²) in [6.07, 6.45) is 1.88. The first-order chi connectivity index (χ1) is 10.1. The zero-order chi connectivity index (χ0) is 15.4. The van der Waals surface area contributed by atoms with Gasteiger partial charge < -0.3 is 9.47 Å². The van der Waals surface area contributed by atoms with Crippen LogP contribution in [0.4, 0.5) is 4.39 Å². The molecule has 0 aliphatic heterocycles. The second-order valence-electron chi connectivity index (χ2n) is 4.09. The first kappa shape index (κ1) is 15.9. The van der Waals surface area contributed by atoms with Crippen molar-refractivity contribution in [2.75, 3.05) is 20.5 Å². The lowest BCUT2D eigenvalue weighted by Crippen LogP contribution is -2.06. The average Bonchev–Trinajstić information content (AvgIpc) is 2.51. The van der Waals surface area contributed by atoms with Gasteiger partial charge in [0.2, 0.25) is 11.8 Å². The minimum atomic E-state index is -0.358. The van der Waals surface area contributed by atoms with Crippen LogP contribution < -0.4 is 9.47 Å². The van der Waals surface area contributed by atoms with Gasteiger partial charge in [-0.15, -0.1) is 11.8 Å². The monoisotopic (exact) mass is 328 g/mol. The van der Waals surface area contributed by atoms with Gasteiger partial charge in [0.1, 0.15) is 5.82 Å². The lowest BCUT2D eigenvalue weighted by atomic mass is 10.1. The van der Waals surface area contributed by atoms with Gasteiger partial charge in [0.05, 0.1) is 25.5 Å². The third kappa shape index (κ3) is 3.57. The Morgan fingerprint density at radius 2 is 1.76 bits per heavy atom. The van der Waals surface area contributed by atoms with Crippen molar-refractivity contribution < 1.29 is 13.9 Å². The van der Waals surface area contributed by atoms with Gasteiger partial charge in [-0.1, -0.05) is 11.6 Å². The summed E-state index contributed by atoms with van der Waals surface area (Å²) in [5, 5.41) is 0.137. The van der Waals surface area contributed by atoms with Crippen LogP contribution in [0.2, 0.25) is 5.02 Å². The molecule has 0 spiro atoms. The van der Waals surface area contributed by atoms with Crippen molar-refractivity contribution in [1.82, 2.24) is 9.97 Å². The zero-order valence-corrected chi connectivity index (χ0v) is 13.3. The van der Waals surface area contributed by atoms with E-state index in [9.17, 15) is 4.39 Å². The number of hydrogen-bond donors (Lipinski definition) is 0. The molecule has 0 radical (unpaired) electrons. The van der Waals surface area contributed by atoms with Gasteiger partial charge in [0.25, 0.3) is 0 Å². The highest BCUT2D eigenvalue weighted by Crippen LogP contribution is 2.37. The Balaban J connectivity index is 2.52. The molecule has 1 unspecified atom stereocenters. The molecule has 1 aromatic heterocycles. The number of ether oxygens (including phenoxy) is 2. The van der Waals surface area contributed by atoms with Crippen LogP contribution in [0.3, 0.4) is 0 Å². The molecule has 2 rings (SSSR count). The molecule has 7 heteroatoms. The predicted octanol–water partition coefficient (Wildman–Crippen LogP) is 3.74. The molecular formula is C14H14ClFN2O2S. The second kappa shape index (κ2) is 6.95. The summed E-state index contributed by atoms with van der Waals surface area (Å²) in [7, 11) is 3.02. The van der Waals surface area contributed by atoms with Crippen LogP contribution in [0, 0.1) is 5.82 Å². The maximum Gasteiger partial charge on any atom is 0.220 e. The number of aromatic nitrogens is 2. The van der Waals surface area contributed by atoms with E-state index in [2.05, 4.69) is 9.97 Å². The summed E-state index contributed by atoms with van der Waals surface area (Å²) >= 11 is 7.62. The van der Waals surface area contributed by atoms with Gasteiger partial charge >= 0.3 is 0 Å². The summed E-state index contributed by atoms with van der Waals surface area (Å²) in [5.41, 5.74) is 0.611. The van der Waals surface area contributed by atoms with Crippen molar-refractivity contribution in [1.29, 1.82) is 0 Å². The molecule has 4 nitrogen and oxygen atoms in total. The summed E-state index contributed by atoms with van der Waals surface area (Å²) in [6, 6.07) is 5.80. The third-order valence-corrected chi connectivity index (χ3v) is 4.11. The number of methoxy groups -OCH3 is 2. The fourth-order valence-electron chi connectivity index (χ4n) is 1.83. The highest BCUT2D eigenvalue weighted by Gasteiger charge is 2.21. The molecule has 2 aromatic rings. The van der Waals surface area contributed by atoms with Gasteiger partial charge in [0.15, 0.2) is 5.82 Å². The Labute approximate surface area is 131 Å². The SMILES string of the molecule is COc1cc(OC)nc(C(SC)c2cc(F)ccc2Cl)n1. The van der Waals surface area contributed by atoms with Crippen LogP contribution in [0.5, 0.6) is 11.8 Å². The number of halogens is 2. The van der Waals surface area contributed by atoms with E-state index in [1.807, 2.05) is 6.26 Å². The Hall–Kier alpha value is -1.53. The van der Waals surface area contributed by atoms with E-state index < -0.39 is 0 Å². The molecule has 0 saturated carbocycles. The minimum absolute atomic E-state index is 0.322. The Bertz CT molecular complexity index is 620. The van der Waals surface area contributed by atoms with Crippen molar-refractivity contribution in [2.45, 2.75) is 5.25 Å². The molecular weight excluding hydrogens is 315 g/mol. The third-order valence-electron chi connectivity index (χ3n) is 2.83. The van der Waals surface area contributed by atoms with Gasteiger partial charge in [-0.3, -0.25) is 0 Å². The summed E-state index contributed by atoms with van der Waals surface area (Å²) in [5.74, 6) is 0.848. The maximum absolute atomic E-state index is 13.5. The van der Waals surface area contributed by atoms with Crippen molar-refractivity contribution in [3.8, 4) is 11.8 Å². The standard InChI is InChI=1S/C14H14ClFN2O2S/c1-19-11-7-12(20-2)18-14(17-11)13(21-3)9-6-8(16)4-5-10(9)15/h4-7,13H,1-3H3. The van der Waals surface area contributed by atoms with Crippen molar-refractivity contribution in [2.24, 2.45) is 0 Å². The van der Waals surface area contributed by atoms with E-state index in [0.717, 1.165) is 0 Å². The van der Waals surface area contributed by atoms with E-state index in [0.29, 0.717) is 28.2 Å². The molecule has 0 bridgehead atoms. The lowest BCUT2D eigenvalue weighted by Gasteiger charge is -2.16. The van der Waals surface area contributed by atoms with Gasteiger partial charge in [-0.2, -0.15) is 9.97 Å². The first-order valence-corrected chi connectivity index (χ1v) is 7.70. The van der Waals surface area contributed by atoms with Gasteiger partial charge in [0, 0.05) is 5.02 Å². The largest absolute Gasteiger partial charge is 0.481 e. The molecule has 1 aromatic carbocycles. The topological polar surface area (TPSA) is 44.2 Å². The zero-order valence-electron chi connectivity index (χ0n) is 11.8. The Kier molecular flexibility index (Phi) is 5.25. The Morgan fingerprint density at radius 1 is 1.14 bits per heavy atom. The fourth-order valence-corrected chi connectivity index (χ4v) is 2.89. The van der Waals surface area contributed by atoms with E-state index in [-0.39, 0.29) is 11.1 Å². The quantitative estimate of drug-likeness (QED) is 0.836. The van der Waals surface area contributed by atoms with Crippen molar-refractivity contribution in [3.63, 3.8) is 0 Å². The van der Waals surface area contributed by atoms with E-state index in [1.54, 1.807) is 6.07 Å². The molecule has 0 aliphatic carbocycles. The fraction of sp³-hybridized carbons (Fsp3) is 0.286. The Morgan fingerprint density at radius 3 is 2.29 bits per heavy atom. The number of rotatable bonds is 5.